The highest BCUT2D eigenvalue weighted by atomic mass is 32.2. The molecule has 2 aromatic carbocycles. The Morgan fingerprint density at radius 3 is 2.85 bits per heavy atom. The second kappa shape index (κ2) is 7.27. The van der Waals surface area contributed by atoms with E-state index in [4.69, 9.17) is 4.74 Å². The first-order valence-electron chi connectivity index (χ1n) is 9.04. The summed E-state index contributed by atoms with van der Waals surface area (Å²) in [5.41, 5.74) is 3.07. The molecule has 2 aliphatic rings. The zero-order valence-corrected chi connectivity index (χ0v) is 16.3. The molecule has 1 atom stereocenters. The molecule has 1 saturated heterocycles. The number of fused-ring (bicyclic) bond motifs is 1. The molecule has 140 valence electrons. The molecule has 5 nitrogen and oxygen atoms in total. The molecule has 2 aliphatic heterocycles. The van der Waals surface area contributed by atoms with E-state index in [2.05, 4.69) is 6.07 Å². The smallest absolute Gasteiger partial charge is 0.243 e. The molecular weight excluding hydrogens is 360 g/mol. The molecule has 0 aromatic heterocycles. The molecule has 0 N–H and O–H groups in total. The predicted molar refractivity (Wildman–Crippen MR) is 106 cm³/mol. The average molecular weight is 382 g/mol. The molecule has 1 fully saturated rings. The van der Waals surface area contributed by atoms with Gasteiger partial charge in [-0.15, -0.1) is 11.8 Å². The molecule has 2 amide bonds. The Bertz CT molecular complexity index is 899. The van der Waals surface area contributed by atoms with Gasteiger partial charge in [-0.3, -0.25) is 9.59 Å². The van der Waals surface area contributed by atoms with E-state index in [1.165, 1.54) is 0 Å². The van der Waals surface area contributed by atoms with Crippen molar-refractivity contribution in [3.8, 4) is 5.75 Å². The lowest BCUT2D eigenvalue weighted by Gasteiger charge is -2.42. The molecule has 0 unspecified atom stereocenters. The Morgan fingerprint density at radius 1 is 1.26 bits per heavy atom. The normalized spacial score (nSPS) is 18.7. The van der Waals surface area contributed by atoms with Crippen LogP contribution in [0.1, 0.15) is 23.6 Å². The van der Waals surface area contributed by atoms with Crippen LogP contribution in [0.25, 0.3) is 0 Å². The van der Waals surface area contributed by atoms with Gasteiger partial charge in [0.25, 0.3) is 0 Å². The quantitative estimate of drug-likeness (QED) is 0.813. The number of likely N-dealkylation sites (tertiary alicyclic amines) is 1. The van der Waals surface area contributed by atoms with Crippen LogP contribution in [0, 0.1) is 6.92 Å². The number of benzene rings is 2. The lowest BCUT2D eigenvalue weighted by Crippen LogP contribution is -2.51. The van der Waals surface area contributed by atoms with Gasteiger partial charge >= 0.3 is 0 Å². The fraction of sp³-hybridized carbons (Fsp3) is 0.333. The number of carbonyl (C=O) groups is 2. The average Bonchev–Trinajstić information content (AvgIpc) is 2.63. The van der Waals surface area contributed by atoms with Gasteiger partial charge in [0.15, 0.2) is 0 Å². The van der Waals surface area contributed by atoms with Crippen LogP contribution >= 0.6 is 11.8 Å². The summed E-state index contributed by atoms with van der Waals surface area (Å²) in [7, 11) is 1.64. The SMILES string of the molecule is COc1cccc([C@@H]2CCN2C(=O)CN2C(=O)CSc3cc(C)ccc32)c1. The van der Waals surface area contributed by atoms with Crippen LogP contribution in [0.3, 0.4) is 0 Å². The van der Waals surface area contributed by atoms with Crippen LogP contribution in [-0.2, 0) is 9.59 Å². The molecule has 0 bridgehead atoms. The van der Waals surface area contributed by atoms with Crippen molar-refractivity contribution in [2.75, 3.05) is 30.9 Å². The highest BCUT2D eigenvalue weighted by Gasteiger charge is 2.36. The summed E-state index contributed by atoms with van der Waals surface area (Å²) in [5, 5.41) is 0. The van der Waals surface area contributed by atoms with Crippen LogP contribution in [0.4, 0.5) is 5.69 Å². The topological polar surface area (TPSA) is 49.9 Å². The third kappa shape index (κ3) is 3.41. The number of thioether (sulfide) groups is 1. The largest absolute Gasteiger partial charge is 0.497 e. The molecule has 0 saturated carbocycles. The van der Waals surface area contributed by atoms with Gasteiger partial charge in [-0.2, -0.15) is 0 Å². The first-order valence-corrected chi connectivity index (χ1v) is 10.0. The van der Waals surface area contributed by atoms with Gasteiger partial charge in [-0.05, 0) is 48.7 Å². The molecular formula is C21H22N2O3S. The lowest BCUT2D eigenvalue weighted by atomic mass is 9.94. The third-order valence-electron chi connectivity index (χ3n) is 5.17. The molecule has 27 heavy (non-hydrogen) atoms. The van der Waals surface area contributed by atoms with Crippen LogP contribution in [0.15, 0.2) is 47.4 Å². The Morgan fingerprint density at radius 2 is 2.11 bits per heavy atom. The number of carbonyl (C=O) groups excluding carboxylic acids is 2. The highest BCUT2D eigenvalue weighted by Crippen LogP contribution is 2.38. The first-order chi connectivity index (χ1) is 13.1. The van der Waals surface area contributed by atoms with E-state index in [1.807, 2.05) is 48.2 Å². The number of hydrogen-bond donors (Lipinski definition) is 0. The van der Waals surface area contributed by atoms with Crippen molar-refractivity contribution in [2.24, 2.45) is 0 Å². The Kier molecular flexibility index (Phi) is 4.83. The van der Waals surface area contributed by atoms with Gasteiger partial charge in [0.2, 0.25) is 11.8 Å². The number of rotatable bonds is 4. The van der Waals surface area contributed by atoms with E-state index in [0.717, 1.165) is 40.4 Å². The molecule has 2 aromatic rings. The summed E-state index contributed by atoms with van der Waals surface area (Å²) >= 11 is 1.54. The minimum absolute atomic E-state index is 0.0110. The molecule has 6 heteroatoms. The van der Waals surface area contributed by atoms with Crippen LogP contribution in [-0.4, -0.2) is 42.7 Å². The number of amides is 2. The fourth-order valence-corrected chi connectivity index (χ4v) is 4.62. The highest BCUT2D eigenvalue weighted by molar-refractivity contribution is 8.00. The van der Waals surface area contributed by atoms with E-state index in [1.54, 1.807) is 23.8 Å². The van der Waals surface area contributed by atoms with Crippen molar-refractivity contribution in [1.82, 2.24) is 4.90 Å². The molecule has 2 heterocycles. The Balaban J connectivity index is 1.52. The van der Waals surface area contributed by atoms with Gasteiger partial charge in [-0.1, -0.05) is 18.2 Å². The molecule has 0 radical (unpaired) electrons. The summed E-state index contributed by atoms with van der Waals surface area (Å²) in [5.74, 6) is 1.14. The van der Waals surface area contributed by atoms with Gasteiger partial charge in [-0.25, -0.2) is 0 Å². The maximum absolute atomic E-state index is 12.9. The fourth-order valence-electron chi connectivity index (χ4n) is 3.59. The van der Waals surface area contributed by atoms with Crippen molar-refractivity contribution in [2.45, 2.75) is 24.3 Å². The maximum Gasteiger partial charge on any atom is 0.243 e. The van der Waals surface area contributed by atoms with Gasteiger partial charge in [0, 0.05) is 11.4 Å². The first kappa shape index (κ1) is 17.9. The zero-order valence-electron chi connectivity index (χ0n) is 15.5. The summed E-state index contributed by atoms with van der Waals surface area (Å²) in [4.78, 5) is 30.0. The van der Waals surface area contributed by atoms with Crippen LogP contribution in [0.5, 0.6) is 5.75 Å². The lowest BCUT2D eigenvalue weighted by molar-refractivity contribution is -0.138. The van der Waals surface area contributed by atoms with E-state index < -0.39 is 0 Å². The monoisotopic (exact) mass is 382 g/mol. The number of hydrogen-bond acceptors (Lipinski definition) is 4. The third-order valence-corrected chi connectivity index (χ3v) is 6.20. The van der Waals surface area contributed by atoms with E-state index in [0.29, 0.717) is 5.75 Å². The standard InChI is InChI=1S/C21H22N2O3S/c1-14-6-7-18-19(10-14)27-13-21(25)23(18)12-20(24)22-9-8-17(22)15-4-3-5-16(11-15)26-2/h3-7,10-11,17H,8-9,12-13H2,1-2H3/t17-/m0/s1. The van der Waals surface area contributed by atoms with E-state index in [-0.39, 0.29) is 24.4 Å². The summed E-state index contributed by atoms with van der Waals surface area (Å²) in [6, 6.07) is 13.9. The van der Waals surface area contributed by atoms with Crippen LogP contribution in [0.2, 0.25) is 0 Å². The van der Waals surface area contributed by atoms with Crippen molar-refractivity contribution in [3.63, 3.8) is 0 Å². The zero-order chi connectivity index (χ0) is 19.0. The summed E-state index contributed by atoms with van der Waals surface area (Å²) in [6.07, 6.45) is 0.929. The molecule has 0 spiro atoms. The van der Waals surface area contributed by atoms with Crippen molar-refractivity contribution in [1.29, 1.82) is 0 Å². The van der Waals surface area contributed by atoms with E-state index >= 15 is 0 Å². The Hall–Kier alpha value is -2.47. The number of ether oxygens (including phenoxy) is 1. The minimum Gasteiger partial charge on any atom is -0.497 e. The van der Waals surface area contributed by atoms with Crippen molar-refractivity contribution >= 4 is 29.3 Å². The number of anilines is 1. The van der Waals surface area contributed by atoms with Gasteiger partial charge in [0.1, 0.15) is 12.3 Å². The number of aryl methyl sites for hydroxylation is 1. The summed E-state index contributed by atoms with van der Waals surface area (Å²) < 4.78 is 5.29. The number of nitrogens with zero attached hydrogens (tertiary/aromatic N) is 2. The summed E-state index contributed by atoms with van der Waals surface area (Å²) in [6.45, 7) is 2.85. The van der Waals surface area contributed by atoms with Crippen LogP contribution < -0.4 is 9.64 Å². The van der Waals surface area contributed by atoms with Gasteiger partial charge in [0.05, 0.1) is 24.6 Å². The maximum atomic E-state index is 12.9. The second-order valence-electron chi connectivity index (χ2n) is 6.91. The van der Waals surface area contributed by atoms with Crippen molar-refractivity contribution in [3.05, 3.63) is 53.6 Å². The van der Waals surface area contributed by atoms with Crippen molar-refractivity contribution < 1.29 is 14.3 Å². The van der Waals surface area contributed by atoms with E-state index in [9.17, 15) is 9.59 Å². The molecule has 4 rings (SSSR count). The minimum atomic E-state index is -0.0131. The number of methoxy groups -OCH3 is 1. The van der Waals surface area contributed by atoms with Gasteiger partial charge < -0.3 is 14.5 Å². The molecule has 0 aliphatic carbocycles. The second-order valence-corrected chi connectivity index (χ2v) is 7.93. The Labute approximate surface area is 163 Å². The predicted octanol–water partition coefficient (Wildman–Crippen LogP) is 3.42.